The van der Waals surface area contributed by atoms with Crippen LogP contribution in [0.2, 0.25) is 0 Å². The third kappa shape index (κ3) is 2.94. The van der Waals surface area contributed by atoms with Gasteiger partial charge in [-0.05, 0) is 45.0 Å². The molecule has 1 saturated carbocycles. The summed E-state index contributed by atoms with van der Waals surface area (Å²) in [5.74, 6) is -1.61. The van der Waals surface area contributed by atoms with E-state index in [1.807, 2.05) is 42.3 Å². The molecule has 0 aromatic heterocycles. The summed E-state index contributed by atoms with van der Waals surface area (Å²) < 4.78 is 16.9. The molecule has 1 aromatic rings. The van der Waals surface area contributed by atoms with Crippen LogP contribution in [0.15, 0.2) is 30.3 Å². The van der Waals surface area contributed by atoms with Crippen molar-refractivity contribution < 1.29 is 4.39 Å². The zero-order chi connectivity index (χ0) is 18.8. The molecule has 2 fully saturated rings. The van der Waals surface area contributed by atoms with Crippen molar-refractivity contribution in [2.45, 2.75) is 63.6 Å². The Balaban J connectivity index is 2.06. The Kier molecular flexibility index (Phi) is 5.90. The van der Waals surface area contributed by atoms with Crippen LogP contribution in [0.4, 0.5) is 10.1 Å². The molecule has 2 aliphatic rings. The first-order valence-corrected chi connectivity index (χ1v) is 10.2. The molecule has 2 N–H and O–H groups in total. The number of piperazine rings is 1. The minimum atomic E-state index is -1.70. The van der Waals surface area contributed by atoms with Crippen LogP contribution in [-0.4, -0.2) is 49.7 Å². The molecular weight excluding hydrogens is 327 g/mol. The van der Waals surface area contributed by atoms with Crippen LogP contribution in [-0.2, 0) is 0 Å². The van der Waals surface area contributed by atoms with Crippen molar-refractivity contribution in [2.75, 3.05) is 32.1 Å². The summed E-state index contributed by atoms with van der Waals surface area (Å²) in [6.45, 7) is 5.80. The normalized spacial score (nSPS) is 31.5. The maximum Gasteiger partial charge on any atom is 0.270 e. The van der Waals surface area contributed by atoms with Crippen molar-refractivity contribution in [2.24, 2.45) is 5.92 Å². The summed E-state index contributed by atoms with van der Waals surface area (Å²) in [5, 5.41) is 6.53. The molecule has 1 saturated heterocycles. The molecule has 0 spiro atoms. The number of halogens is 1. The number of nitrogens with one attached hydrogen (secondary N) is 2. The minimum absolute atomic E-state index is 0.0957. The fourth-order valence-electron chi connectivity index (χ4n) is 5.35. The number of rotatable bonds is 5. The Morgan fingerprint density at radius 2 is 1.65 bits per heavy atom. The summed E-state index contributed by atoms with van der Waals surface area (Å²) in [7, 11) is 3.66. The fraction of sp³-hybridized carbons (Fsp3) is 0.714. The monoisotopic (exact) mass is 362 g/mol. The second kappa shape index (κ2) is 7.83. The largest absolute Gasteiger partial charge is 0.323 e. The number of benzene rings is 1. The van der Waals surface area contributed by atoms with Crippen molar-refractivity contribution in [3.05, 3.63) is 30.3 Å². The second-order valence-corrected chi connectivity index (χ2v) is 8.02. The second-order valence-electron chi connectivity index (χ2n) is 8.02. The third-order valence-electron chi connectivity index (χ3n) is 6.53. The number of alkyl halides is 1. The molecule has 1 heterocycles. The van der Waals surface area contributed by atoms with Gasteiger partial charge in [0.2, 0.25) is 0 Å². The van der Waals surface area contributed by atoms with Gasteiger partial charge in [0.25, 0.3) is 5.92 Å². The Morgan fingerprint density at radius 3 is 2.19 bits per heavy atom. The third-order valence-corrected chi connectivity index (χ3v) is 6.53. The number of nitrogens with zero attached hydrogens (tertiary/aromatic N) is 2. The van der Waals surface area contributed by atoms with Crippen LogP contribution in [0.25, 0.3) is 0 Å². The lowest BCUT2D eigenvalue weighted by Gasteiger charge is -2.63. The molecule has 2 unspecified atom stereocenters. The highest BCUT2D eigenvalue weighted by Crippen LogP contribution is 2.44. The number of hydrogen-bond acceptors (Lipinski definition) is 4. The van der Waals surface area contributed by atoms with E-state index in [4.69, 9.17) is 0 Å². The summed E-state index contributed by atoms with van der Waals surface area (Å²) in [6, 6.07) is 10.4. The van der Waals surface area contributed by atoms with Gasteiger partial charge in [0.1, 0.15) is 5.66 Å². The maximum absolute atomic E-state index is 16.9. The molecular formula is C21H35FN4. The van der Waals surface area contributed by atoms with Crippen LogP contribution in [0.1, 0.15) is 46.0 Å². The fourth-order valence-corrected chi connectivity index (χ4v) is 5.35. The lowest BCUT2D eigenvalue weighted by Crippen LogP contribution is -2.85. The topological polar surface area (TPSA) is 30.5 Å². The Hall–Kier alpha value is -1.17. The highest BCUT2D eigenvalue weighted by molar-refractivity contribution is 5.50. The lowest BCUT2D eigenvalue weighted by molar-refractivity contribution is -0.163. The van der Waals surface area contributed by atoms with Gasteiger partial charge in [-0.2, -0.15) is 4.39 Å². The molecule has 3 rings (SSSR count). The quantitative estimate of drug-likeness (QED) is 0.784. The van der Waals surface area contributed by atoms with Gasteiger partial charge in [-0.1, -0.05) is 51.3 Å². The zero-order valence-corrected chi connectivity index (χ0v) is 16.8. The van der Waals surface area contributed by atoms with E-state index in [9.17, 15) is 0 Å². The molecule has 2 atom stereocenters. The molecule has 0 bridgehead atoms. The van der Waals surface area contributed by atoms with E-state index in [-0.39, 0.29) is 5.92 Å². The zero-order valence-electron chi connectivity index (χ0n) is 16.8. The first kappa shape index (κ1) is 19.6. The van der Waals surface area contributed by atoms with Crippen LogP contribution in [0.3, 0.4) is 0 Å². The van der Waals surface area contributed by atoms with E-state index in [0.29, 0.717) is 12.6 Å². The number of anilines is 1. The number of likely N-dealkylation sites (N-methyl/N-ethyl adjacent to an activating group) is 2. The lowest BCUT2D eigenvalue weighted by atomic mass is 9.81. The average Bonchev–Trinajstić information content (AvgIpc) is 2.68. The molecule has 1 aliphatic heterocycles. The van der Waals surface area contributed by atoms with E-state index < -0.39 is 11.6 Å². The standard InChI is InChI=1S/C21H35FN4/c1-17(2)20(23-3)21(22,24-4)26(19-13-9-6-10-14-19)16-15-25(20)18-11-7-5-8-12-18/h6,9-10,13-14,17-18,23-24H,5,7-8,11-12,15-16H2,1-4H3. The molecule has 0 amide bonds. The SMILES string of the molecule is CNC1(F)N(c2ccccc2)CCN(C2CCCCC2)C1(NC)C(C)C. The van der Waals surface area contributed by atoms with Gasteiger partial charge < -0.3 is 4.90 Å². The number of hydrogen-bond donors (Lipinski definition) is 2. The predicted molar refractivity (Wildman–Crippen MR) is 107 cm³/mol. The van der Waals surface area contributed by atoms with E-state index in [2.05, 4.69) is 29.4 Å². The summed E-state index contributed by atoms with van der Waals surface area (Å²) in [5.41, 5.74) is 0.130. The van der Waals surface area contributed by atoms with Gasteiger partial charge in [0.15, 0.2) is 0 Å². The van der Waals surface area contributed by atoms with Crippen LogP contribution < -0.4 is 15.5 Å². The number of para-hydroxylation sites is 1. The van der Waals surface area contributed by atoms with Crippen LogP contribution in [0, 0.1) is 5.92 Å². The highest BCUT2D eigenvalue weighted by atomic mass is 19.2. The molecule has 146 valence electrons. The molecule has 0 radical (unpaired) electrons. The molecule has 26 heavy (non-hydrogen) atoms. The highest BCUT2D eigenvalue weighted by Gasteiger charge is 2.63. The summed E-state index contributed by atoms with van der Waals surface area (Å²) in [4.78, 5) is 4.34. The van der Waals surface area contributed by atoms with Crippen LogP contribution >= 0.6 is 0 Å². The van der Waals surface area contributed by atoms with Crippen molar-refractivity contribution in [3.63, 3.8) is 0 Å². The van der Waals surface area contributed by atoms with Crippen molar-refractivity contribution >= 4 is 5.69 Å². The van der Waals surface area contributed by atoms with Gasteiger partial charge in [-0.15, -0.1) is 0 Å². The van der Waals surface area contributed by atoms with Gasteiger partial charge in [-0.3, -0.25) is 15.5 Å². The molecule has 5 heteroatoms. The van der Waals surface area contributed by atoms with Crippen molar-refractivity contribution in [1.29, 1.82) is 0 Å². The summed E-state index contributed by atoms with van der Waals surface area (Å²) >= 11 is 0. The van der Waals surface area contributed by atoms with Crippen LogP contribution in [0.5, 0.6) is 0 Å². The smallest absolute Gasteiger partial charge is 0.270 e. The first-order valence-electron chi connectivity index (χ1n) is 10.2. The van der Waals surface area contributed by atoms with Crippen molar-refractivity contribution in [3.8, 4) is 0 Å². The van der Waals surface area contributed by atoms with E-state index >= 15 is 4.39 Å². The Bertz CT molecular complexity index is 575. The Labute approximate surface area is 158 Å². The van der Waals surface area contributed by atoms with Gasteiger partial charge in [-0.25, -0.2) is 0 Å². The molecule has 4 nitrogen and oxygen atoms in total. The summed E-state index contributed by atoms with van der Waals surface area (Å²) in [6.07, 6.45) is 6.14. The van der Waals surface area contributed by atoms with Gasteiger partial charge in [0.05, 0.1) is 0 Å². The van der Waals surface area contributed by atoms with E-state index in [0.717, 1.165) is 12.2 Å². The predicted octanol–water partition coefficient (Wildman–Crippen LogP) is 3.56. The van der Waals surface area contributed by atoms with Gasteiger partial charge in [0, 0.05) is 24.8 Å². The van der Waals surface area contributed by atoms with E-state index in [1.54, 1.807) is 7.05 Å². The van der Waals surface area contributed by atoms with Gasteiger partial charge >= 0.3 is 0 Å². The van der Waals surface area contributed by atoms with E-state index in [1.165, 1.54) is 32.1 Å². The average molecular weight is 363 g/mol. The molecule has 1 aromatic carbocycles. The Morgan fingerprint density at radius 1 is 1.00 bits per heavy atom. The molecule has 1 aliphatic carbocycles. The minimum Gasteiger partial charge on any atom is -0.323 e. The maximum atomic E-state index is 16.9. The first-order chi connectivity index (χ1) is 12.5. The van der Waals surface area contributed by atoms with Crippen molar-refractivity contribution in [1.82, 2.24) is 15.5 Å².